The van der Waals surface area contributed by atoms with Gasteiger partial charge >= 0.3 is 5.97 Å². The van der Waals surface area contributed by atoms with Gasteiger partial charge in [-0.05, 0) is 82.9 Å². The number of fused-ring (bicyclic) bond motifs is 2. The van der Waals surface area contributed by atoms with Crippen LogP contribution < -0.4 is 9.21 Å². The van der Waals surface area contributed by atoms with Crippen molar-refractivity contribution in [1.82, 2.24) is 5.16 Å². The second-order valence-corrected chi connectivity index (χ2v) is 15.7. The number of nitrogens with zero attached hydrogens (tertiary/aromatic N) is 3. The van der Waals surface area contributed by atoms with Crippen molar-refractivity contribution in [3.63, 3.8) is 0 Å². The highest BCUT2D eigenvalue weighted by Gasteiger charge is 2.47. The molecule has 13 heteroatoms. The molecule has 10 nitrogen and oxygen atoms in total. The number of benzene rings is 2. The average molecular weight is 677 g/mol. The molecule has 2 aliphatic carbocycles. The van der Waals surface area contributed by atoms with Gasteiger partial charge in [0.1, 0.15) is 11.5 Å². The van der Waals surface area contributed by atoms with Gasteiger partial charge < -0.3 is 19.3 Å². The number of aromatic nitrogens is 1. The van der Waals surface area contributed by atoms with Crippen LogP contribution >= 0.6 is 23.2 Å². The van der Waals surface area contributed by atoms with Crippen LogP contribution in [0.25, 0.3) is 11.3 Å². The number of sulfonamides is 1. The monoisotopic (exact) mass is 675 g/mol. The second-order valence-electron chi connectivity index (χ2n) is 12.8. The van der Waals surface area contributed by atoms with Crippen LogP contribution in [-0.2, 0) is 31.0 Å². The summed E-state index contributed by atoms with van der Waals surface area (Å²) in [6.07, 6.45) is 4.16. The molecule has 1 aliphatic heterocycles. The van der Waals surface area contributed by atoms with E-state index in [1.165, 1.54) is 20.8 Å². The zero-order valence-electron chi connectivity index (χ0n) is 25.2. The fourth-order valence-corrected chi connectivity index (χ4v) is 8.74. The molecule has 0 spiro atoms. The minimum Gasteiger partial charge on any atom is -0.481 e. The summed E-state index contributed by atoms with van der Waals surface area (Å²) in [6.45, 7) is 5.08. The molecule has 240 valence electrons. The Labute approximate surface area is 272 Å². The van der Waals surface area contributed by atoms with Crippen LogP contribution in [0.2, 0.25) is 10.0 Å². The first kappa shape index (κ1) is 31.8. The van der Waals surface area contributed by atoms with E-state index in [-0.39, 0.29) is 24.2 Å². The highest BCUT2D eigenvalue weighted by atomic mass is 35.5. The topological polar surface area (TPSA) is 130 Å². The summed E-state index contributed by atoms with van der Waals surface area (Å²) in [5.74, 6) is 0.221. The van der Waals surface area contributed by atoms with E-state index in [1.807, 2.05) is 0 Å². The van der Waals surface area contributed by atoms with E-state index in [4.69, 9.17) is 32.5 Å². The zero-order valence-corrected chi connectivity index (χ0v) is 27.5. The van der Waals surface area contributed by atoms with Gasteiger partial charge in [-0.3, -0.25) is 9.59 Å². The number of amides is 1. The number of carbonyl (C=O) groups is 2. The van der Waals surface area contributed by atoms with Gasteiger partial charge in [0.05, 0.1) is 39.1 Å². The molecule has 3 aliphatic rings. The number of carbonyl (C=O) groups excluding carboxylic acids is 1. The molecule has 2 saturated carbocycles. The van der Waals surface area contributed by atoms with Crippen molar-refractivity contribution in [2.75, 3.05) is 15.7 Å². The maximum Gasteiger partial charge on any atom is 0.310 e. The first-order chi connectivity index (χ1) is 21.3. The van der Waals surface area contributed by atoms with Crippen LogP contribution in [0.3, 0.4) is 0 Å². The van der Waals surface area contributed by atoms with E-state index in [9.17, 15) is 23.1 Å². The SMILES string of the molecule is CC(C(C)(C)C(=O)O)S(=O)(=O)N(C=O)c1ccc(N2C[C@@H]3C[C@H]2C[C@H]3OCc2c(-c3c(Cl)cccc3Cl)noc2C2CC2)cc1. The first-order valence-electron chi connectivity index (χ1n) is 15.0. The van der Waals surface area contributed by atoms with Crippen LogP contribution in [0, 0.1) is 11.3 Å². The van der Waals surface area contributed by atoms with Gasteiger partial charge in [0.15, 0.2) is 0 Å². The summed E-state index contributed by atoms with van der Waals surface area (Å²) < 4.78 is 39.4. The number of rotatable bonds is 12. The van der Waals surface area contributed by atoms with Gasteiger partial charge in [-0.2, -0.15) is 0 Å². The van der Waals surface area contributed by atoms with Crippen LogP contribution in [-0.4, -0.2) is 55.0 Å². The van der Waals surface area contributed by atoms with Gasteiger partial charge in [-0.25, -0.2) is 12.7 Å². The Hall–Kier alpha value is -3.12. The number of piperidine rings is 1. The zero-order chi connectivity index (χ0) is 32.3. The third kappa shape index (κ3) is 5.73. The minimum atomic E-state index is -4.28. The lowest BCUT2D eigenvalue weighted by molar-refractivity contribution is -0.146. The van der Waals surface area contributed by atoms with Gasteiger partial charge in [-0.15, -0.1) is 0 Å². The van der Waals surface area contributed by atoms with E-state index in [0.29, 0.717) is 44.1 Å². The standard InChI is InChI=1S/C32H35Cl2N3O7S/c1-18(32(2,3)31(39)40)45(41,42)37(17-38)22-11-9-21(10-12-22)36-15-20-13-23(36)14-27(20)43-16-24-29(35-44-30(24)19-7-8-19)28-25(33)5-4-6-26(28)34/h4-6,9-12,17-20,23,27H,7-8,13-16H2,1-3H3,(H,39,40)/t18?,20-,23-,27+/m0/s1. The summed E-state index contributed by atoms with van der Waals surface area (Å²) in [5, 5.41) is 13.6. The molecule has 2 heterocycles. The number of anilines is 2. The fraction of sp³-hybridized carbons (Fsp3) is 0.469. The second kappa shape index (κ2) is 11.9. The van der Waals surface area contributed by atoms with Gasteiger partial charge in [0.2, 0.25) is 16.4 Å². The fourth-order valence-electron chi connectivity index (χ4n) is 6.44. The largest absolute Gasteiger partial charge is 0.481 e. The van der Waals surface area contributed by atoms with E-state index in [0.717, 1.165) is 49.2 Å². The summed E-state index contributed by atoms with van der Waals surface area (Å²) >= 11 is 13.0. The Kier molecular flexibility index (Phi) is 8.43. The Morgan fingerprint density at radius 3 is 2.40 bits per heavy atom. The molecular formula is C32H35Cl2N3O7S. The quantitative estimate of drug-likeness (QED) is 0.214. The molecule has 2 bridgehead atoms. The molecule has 4 atom stereocenters. The number of halogens is 2. The lowest BCUT2D eigenvalue weighted by Crippen LogP contribution is -2.47. The predicted octanol–water partition coefficient (Wildman–Crippen LogP) is 6.50. The molecule has 1 amide bonds. The van der Waals surface area contributed by atoms with E-state index >= 15 is 0 Å². The highest BCUT2D eigenvalue weighted by Crippen LogP contribution is 2.47. The van der Waals surface area contributed by atoms with Crippen molar-refractivity contribution in [2.45, 2.75) is 76.4 Å². The molecule has 2 aromatic carbocycles. The summed E-state index contributed by atoms with van der Waals surface area (Å²) in [6, 6.07) is 12.4. The number of aliphatic carboxylic acids is 1. The molecule has 45 heavy (non-hydrogen) atoms. The first-order valence-corrected chi connectivity index (χ1v) is 17.2. The van der Waals surface area contributed by atoms with Crippen LogP contribution in [0.1, 0.15) is 63.7 Å². The lowest BCUT2D eigenvalue weighted by Gasteiger charge is -2.34. The Balaban J connectivity index is 1.13. The van der Waals surface area contributed by atoms with Crippen LogP contribution in [0.15, 0.2) is 47.0 Å². The lowest BCUT2D eigenvalue weighted by atomic mass is 9.90. The van der Waals surface area contributed by atoms with Gasteiger partial charge in [-0.1, -0.05) is 34.4 Å². The third-order valence-corrected chi connectivity index (χ3v) is 12.7. The van der Waals surface area contributed by atoms with E-state index in [1.54, 1.807) is 42.5 Å². The predicted molar refractivity (Wildman–Crippen MR) is 171 cm³/mol. The summed E-state index contributed by atoms with van der Waals surface area (Å²) in [7, 11) is -4.28. The van der Waals surface area contributed by atoms with Crippen molar-refractivity contribution < 1.29 is 32.4 Å². The minimum absolute atomic E-state index is 0.0526. The average Bonchev–Trinajstić information content (AvgIpc) is 3.45. The van der Waals surface area contributed by atoms with Crippen molar-refractivity contribution in [3.05, 3.63) is 63.8 Å². The van der Waals surface area contributed by atoms with Crippen molar-refractivity contribution in [2.24, 2.45) is 11.3 Å². The Morgan fingerprint density at radius 2 is 1.84 bits per heavy atom. The third-order valence-electron chi connectivity index (χ3n) is 9.71. The van der Waals surface area contributed by atoms with E-state index < -0.39 is 26.7 Å². The molecule has 6 rings (SSSR count). The van der Waals surface area contributed by atoms with Crippen molar-refractivity contribution >= 4 is 57.0 Å². The van der Waals surface area contributed by atoms with Crippen molar-refractivity contribution in [1.29, 1.82) is 0 Å². The molecule has 0 radical (unpaired) electrons. The van der Waals surface area contributed by atoms with Crippen LogP contribution in [0.4, 0.5) is 11.4 Å². The number of carboxylic acid groups (broad SMARTS) is 1. The maximum absolute atomic E-state index is 13.2. The van der Waals surface area contributed by atoms with E-state index in [2.05, 4.69) is 10.1 Å². The molecule has 1 N–H and O–H groups in total. The smallest absolute Gasteiger partial charge is 0.310 e. The van der Waals surface area contributed by atoms with Crippen molar-refractivity contribution in [3.8, 4) is 11.3 Å². The molecule has 3 fully saturated rings. The highest BCUT2D eigenvalue weighted by molar-refractivity contribution is 7.94. The molecule has 1 aromatic heterocycles. The maximum atomic E-state index is 13.2. The molecule has 1 unspecified atom stereocenters. The van der Waals surface area contributed by atoms with Gasteiger partial charge in [0, 0.05) is 41.2 Å². The summed E-state index contributed by atoms with van der Waals surface area (Å²) in [5.41, 5.74) is 1.66. The van der Waals surface area contributed by atoms with Gasteiger partial charge in [0.25, 0.3) is 0 Å². The molecule has 3 aromatic rings. The molecule has 1 saturated heterocycles. The number of ether oxygens (including phenoxy) is 1. The number of hydrogen-bond acceptors (Lipinski definition) is 8. The number of hydrogen-bond donors (Lipinski definition) is 1. The summed E-state index contributed by atoms with van der Waals surface area (Å²) in [4.78, 5) is 25.9. The normalized spacial score (nSPS) is 22.1. The molecular weight excluding hydrogens is 641 g/mol. The van der Waals surface area contributed by atoms with Crippen LogP contribution in [0.5, 0.6) is 0 Å². The Bertz CT molecular complexity index is 1700. The Morgan fingerprint density at radius 1 is 1.18 bits per heavy atom. The number of carboxylic acids is 1.